The molecule has 158 valence electrons. The standard InChI is InChI=1S/C21H23FN4O3S/c1-13(7-8-30(2,28)29)25-21(27)18-10-24-19(11-23-18)26-12-14-9-16(14)20(26)15-5-3-4-6-17(15)22/h3-8,10-11,13-14,16,20H,9,12H2,1-2H3,(H,25,27)/b8-7+/t13-,14?,16?,20?/m1/s1. The summed E-state index contributed by atoms with van der Waals surface area (Å²) in [6.45, 7) is 2.45. The summed E-state index contributed by atoms with van der Waals surface area (Å²) in [5.74, 6) is 0.878. The maximum Gasteiger partial charge on any atom is 0.271 e. The van der Waals surface area contributed by atoms with E-state index in [9.17, 15) is 17.6 Å². The highest BCUT2D eigenvalue weighted by Crippen LogP contribution is 2.57. The van der Waals surface area contributed by atoms with Crippen LogP contribution in [0.4, 0.5) is 10.2 Å². The van der Waals surface area contributed by atoms with Crippen molar-refractivity contribution in [2.75, 3.05) is 17.7 Å². The maximum absolute atomic E-state index is 14.4. The van der Waals surface area contributed by atoms with Crippen LogP contribution >= 0.6 is 0 Å². The van der Waals surface area contributed by atoms with Crippen molar-refractivity contribution in [2.24, 2.45) is 11.8 Å². The predicted octanol–water partition coefficient (Wildman–Crippen LogP) is 2.49. The van der Waals surface area contributed by atoms with Crippen molar-refractivity contribution in [3.8, 4) is 0 Å². The number of carbonyl (C=O) groups is 1. The van der Waals surface area contributed by atoms with E-state index in [0.29, 0.717) is 23.2 Å². The topological polar surface area (TPSA) is 92.3 Å². The number of aromatic nitrogens is 2. The smallest absolute Gasteiger partial charge is 0.271 e. The monoisotopic (exact) mass is 430 g/mol. The van der Waals surface area contributed by atoms with Gasteiger partial charge in [0.25, 0.3) is 5.91 Å². The molecule has 4 atom stereocenters. The quantitative estimate of drug-likeness (QED) is 0.757. The molecule has 7 nitrogen and oxygen atoms in total. The third-order valence-corrected chi connectivity index (χ3v) is 6.16. The van der Waals surface area contributed by atoms with Gasteiger partial charge in [-0.2, -0.15) is 0 Å². The Morgan fingerprint density at radius 3 is 2.73 bits per heavy atom. The number of sulfone groups is 1. The first-order valence-electron chi connectivity index (χ1n) is 9.75. The van der Waals surface area contributed by atoms with Crippen LogP contribution in [0.3, 0.4) is 0 Å². The molecule has 4 rings (SSSR count). The summed E-state index contributed by atoms with van der Waals surface area (Å²) < 4.78 is 36.8. The van der Waals surface area contributed by atoms with Gasteiger partial charge in [-0.25, -0.2) is 22.8 Å². The summed E-state index contributed by atoms with van der Waals surface area (Å²) in [6.07, 6.45) is 6.48. The van der Waals surface area contributed by atoms with Gasteiger partial charge in [0.05, 0.1) is 18.4 Å². The number of nitrogens with zero attached hydrogens (tertiary/aromatic N) is 3. The molecule has 1 aromatic heterocycles. The van der Waals surface area contributed by atoms with Crippen molar-refractivity contribution >= 4 is 21.6 Å². The molecular weight excluding hydrogens is 407 g/mol. The molecule has 0 radical (unpaired) electrons. The zero-order valence-electron chi connectivity index (χ0n) is 16.7. The molecule has 0 bridgehead atoms. The molecule has 1 N–H and O–H groups in total. The van der Waals surface area contributed by atoms with Crippen LogP contribution in [0.2, 0.25) is 0 Å². The summed E-state index contributed by atoms with van der Waals surface area (Å²) in [6, 6.07) is 6.25. The molecule has 1 saturated carbocycles. The fourth-order valence-electron chi connectivity index (χ4n) is 3.99. The van der Waals surface area contributed by atoms with Gasteiger partial charge in [0.15, 0.2) is 9.84 Å². The van der Waals surface area contributed by atoms with Crippen LogP contribution in [0.1, 0.15) is 35.4 Å². The van der Waals surface area contributed by atoms with Gasteiger partial charge in [-0.05, 0) is 31.2 Å². The lowest BCUT2D eigenvalue weighted by Gasteiger charge is -2.29. The van der Waals surface area contributed by atoms with Gasteiger partial charge in [-0.15, -0.1) is 0 Å². The lowest BCUT2D eigenvalue weighted by atomic mass is 10.0. The molecule has 3 unspecified atom stereocenters. The van der Waals surface area contributed by atoms with Crippen LogP contribution in [0.5, 0.6) is 0 Å². The van der Waals surface area contributed by atoms with Crippen LogP contribution in [0, 0.1) is 17.7 Å². The average molecular weight is 431 g/mol. The minimum Gasteiger partial charge on any atom is -0.348 e. The Morgan fingerprint density at radius 1 is 1.30 bits per heavy atom. The van der Waals surface area contributed by atoms with Crippen LogP contribution in [-0.2, 0) is 9.84 Å². The van der Waals surface area contributed by atoms with Crippen LogP contribution in [-0.4, -0.2) is 43.1 Å². The summed E-state index contributed by atoms with van der Waals surface area (Å²) in [7, 11) is -3.26. The Balaban J connectivity index is 1.48. The first-order valence-corrected chi connectivity index (χ1v) is 11.7. The summed E-state index contributed by atoms with van der Waals surface area (Å²) >= 11 is 0. The number of anilines is 1. The molecule has 1 aromatic carbocycles. The molecule has 1 amide bonds. The van der Waals surface area contributed by atoms with Gasteiger partial charge in [0, 0.05) is 29.8 Å². The van der Waals surface area contributed by atoms with E-state index in [4.69, 9.17) is 0 Å². The summed E-state index contributed by atoms with van der Waals surface area (Å²) in [5, 5.41) is 3.71. The van der Waals surface area contributed by atoms with E-state index < -0.39 is 21.8 Å². The first kappa shape index (κ1) is 20.5. The number of halogens is 1. The first-order chi connectivity index (χ1) is 14.2. The number of amides is 1. The number of benzene rings is 1. The van der Waals surface area contributed by atoms with E-state index in [2.05, 4.69) is 20.2 Å². The number of hydrogen-bond donors (Lipinski definition) is 1. The van der Waals surface area contributed by atoms with E-state index in [1.54, 1.807) is 13.0 Å². The van der Waals surface area contributed by atoms with E-state index >= 15 is 0 Å². The minimum absolute atomic E-state index is 0.0775. The van der Waals surface area contributed by atoms with Crippen molar-refractivity contribution in [3.05, 3.63) is 65.2 Å². The number of nitrogens with one attached hydrogen (secondary N) is 1. The number of rotatable bonds is 6. The highest BCUT2D eigenvalue weighted by Gasteiger charge is 2.54. The molecule has 0 spiro atoms. The van der Waals surface area contributed by atoms with Gasteiger partial charge >= 0.3 is 0 Å². The van der Waals surface area contributed by atoms with Gasteiger partial charge in [-0.3, -0.25) is 4.79 Å². The van der Waals surface area contributed by atoms with Gasteiger partial charge < -0.3 is 10.2 Å². The summed E-state index contributed by atoms with van der Waals surface area (Å²) in [4.78, 5) is 23.0. The van der Waals surface area contributed by atoms with Gasteiger partial charge in [-0.1, -0.05) is 24.3 Å². The van der Waals surface area contributed by atoms with Crippen LogP contribution < -0.4 is 10.2 Å². The number of fused-ring (bicyclic) bond motifs is 1. The summed E-state index contributed by atoms with van der Waals surface area (Å²) in [5.41, 5.74) is 0.794. The molecule has 2 fully saturated rings. The van der Waals surface area contributed by atoms with Crippen molar-refractivity contribution < 1.29 is 17.6 Å². The van der Waals surface area contributed by atoms with Gasteiger partial charge in [0.1, 0.15) is 17.3 Å². The Hall–Kier alpha value is -2.81. The maximum atomic E-state index is 14.4. The Bertz CT molecular complexity index is 1090. The second-order valence-corrected chi connectivity index (χ2v) is 9.89. The molecular formula is C21H23FN4O3S. The number of hydrogen-bond acceptors (Lipinski definition) is 6. The highest BCUT2D eigenvalue weighted by atomic mass is 32.2. The average Bonchev–Trinajstić information content (AvgIpc) is 3.37. The van der Waals surface area contributed by atoms with Crippen molar-refractivity contribution in [3.63, 3.8) is 0 Å². The lowest BCUT2D eigenvalue weighted by molar-refractivity contribution is 0.0941. The second-order valence-electron chi connectivity index (χ2n) is 7.96. The minimum atomic E-state index is -3.26. The Labute approximate surface area is 175 Å². The molecule has 1 aliphatic carbocycles. The number of carbonyl (C=O) groups excluding carboxylic acids is 1. The van der Waals surface area contributed by atoms with Crippen molar-refractivity contribution in [1.29, 1.82) is 0 Å². The second kappa shape index (κ2) is 7.79. The SMILES string of the molecule is C[C@H](/C=C/S(C)(=O)=O)NC(=O)c1cnc(N2CC3CC3C2c2ccccc2F)cn1. The van der Waals surface area contributed by atoms with Crippen molar-refractivity contribution in [1.82, 2.24) is 15.3 Å². The van der Waals surface area contributed by atoms with Gasteiger partial charge in [0.2, 0.25) is 0 Å². The fourth-order valence-corrected chi connectivity index (χ4v) is 4.51. The van der Waals surface area contributed by atoms with E-state index in [1.807, 2.05) is 12.1 Å². The van der Waals surface area contributed by atoms with Crippen molar-refractivity contribution in [2.45, 2.75) is 25.4 Å². The molecule has 1 aliphatic heterocycles. The largest absolute Gasteiger partial charge is 0.348 e. The number of piperidine rings is 1. The molecule has 9 heteroatoms. The zero-order chi connectivity index (χ0) is 21.5. The molecule has 2 aliphatic rings. The van der Waals surface area contributed by atoms with Crippen LogP contribution in [0.25, 0.3) is 0 Å². The van der Waals surface area contributed by atoms with E-state index in [1.165, 1.54) is 24.5 Å². The van der Waals surface area contributed by atoms with E-state index in [-0.39, 0.29) is 17.6 Å². The normalized spacial score (nSPS) is 24.0. The van der Waals surface area contributed by atoms with E-state index in [0.717, 1.165) is 24.6 Å². The van der Waals surface area contributed by atoms with Crippen LogP contribution in [0.15, 0.2) is 48.1 Å². The Morgan fingerprint density at radius 2 is 2.07 bits per heavy atom. The third-order valence-electron chi connectivity index (χ3n) is 5.51. The molecule has 2 aromatic rings. The zero-order valence-corrected chi connectivity index (χ0v) is 17.5. The predicted molar refractivity (Wildman–Crippen MR) is 111 cm³/mol. The molecule has 30 heavy (non-hydrogen) atoms. The Kier molecular flexibility index (Phi) is 5.31. The third kappa shape index (κ3) is 4.35. The molecule has 2 heterocycles. The molecule has 1 saturated heterocycles. The lowest BCUT2D eigenvalue weighted by Crippen LogP contribution is -2.32. The fraction of sp³-hybridized carbons (Fsp3) is 0.381. The highest BCUT2D eigenvalue weighted by molar-refractivity contribution is 7.93.